The molecule has 0 aliphatic rings. The number of rotatable bonds is 2. The maximum atomic E-state index is 9.71. The topological polar surface area (TPSA) is 40.5 Å². The van der Waals surface area contributed by atoms with Crippen molar-refractivity contribution >= 4 is 11.8 Å². The van der Waals surface area contributed by atoms with Crippen molar-refractivity contribution in [2.24, 2.45) is 0 Å². The van der Waals surface area contributed by atoms with E-state index in [0.29, 0.717) is 0 Å². The monoisotopic (exact) mass is 232 g/mol. The van der Waals surface area contributed by atoms with Crippen LogP contribution in [-0.2, 0) is 0 Å². The molecule has 2 nitrogen and oxygen atoms in total. The van der Waals surface area contributed by atoms with E-state index in [1.165, 1.54) is 11.0 Å². The van der Waals surface area contributed by atoms with Crippen molar-refractivity contribution in [2.45, 2.75) is 4.90 Å². The van der Waals surface area contributed by atoms with Gasteiger partial charge in [0.25, 0.3) is 0 Å². The maximum Gasteiger partial charge on any atom is 0.127 e. The molecule has 0 saturated heterocycles. The summed E-state index contributed by atoms with van der Waals surface area (Å²) in [5.41, 5.74) is 1.67. The second-order valence-corrected chi connectivity index (χ2v) is 4.31. The van der Waals surface area contributed by atoms with Crippen molar-refractivity contribution in [3.05, 3.63) is 42.5 Å². The number of thioether (sulfide) groups is 1. The lowest BCUT2D eigenvalue weighted by Crippen LogP contribution is -1.79. The quantitative estimate of drug-likeness (QED) is 0.779. The molecule has 0 fully saturated rings. The van der Waals surface area contributed by atoms with Gasteiger partial charge in [-0.15, -0.1) is 11.8 Å². The second-order valence-electron chi connectivity index (χ2n) is 3.43. The van der Waals surface area contributed by atoms with E-state index in [2.05, 4.69) is 0 Å². The van der Waals surface area contributed by atoms with Crippen LogP contribution in [-0.4, -0.2) is 16.5 Å². The summed E-state index contributed by atoms with van der Waals surface area (Å²) in [6.45, 7) is 0. The second kappa shape index (κ2) is 4.49. The van der Waals surface area contributed by atoms with Gasteiger partial charge in [-0.1, -0.05) is 12.1 Å². The molecule has 0 aromatic heterocycles. The lowest BCUT2D eigenvalue weighted by molar-refractivity contribution is 0.452. The maximum absolute atomic E-state index is 9.71. The van der Waals surface area contributed by atoms with Crippen LogP contribution < -0.4 is 0 Å². The summed E-state index contributed by atoms with van der Waals surface area (Å²) in [5.74, 6) is 0.166. The van der Waals surface area contributed by atoms with Gasteiger partial charge in [0, 0.05) is 16.5 Å². The summed E-state index contributed by atoms with van der Waals surface area (Å²) in [5, 5.41) is 18.9. The predicted molar refractivity (Wildman–Crippen MR) is 67.0 cm³/mol. The first-order valence-corrected chi connectivity index (χ1v) is 6.09. The van der Waals surface area contributed by atoms with Crippen LogP contribution in [0.3, 0.4) is 0 Å². The first-order valence-electron chi connectivity index (χ1n) is 4.87. The summed E-state index contributed by atoms with van der Waals surface area (Å²) in [6.07, 6.45) is 2.02. The molecule has 0 radical (unpaired) electrons. The van der Waals surface area contributed by atoms with E-state index >= 15 is 0 Å². The highest BCUT2D eigenvalue weighted by Crippen LogP contribution is 2.32. The van der Waals surface area contributed by atoms with Crippen LogP contribution in [0.1, 0.15) is 0 Å². The molecular weight excluding hydrogens is 220 g/mol. The van der Waals surface area contributed by atoms with E-state index in [9.17, 15) is 10.2 Å². The normalized spacial score (nSPS) is 10.3. The highest BCUT2D eigenvalue weighted by atomic mass is 32.2. The third kappa shape index (κ3) is 2.14. The van der Waals surface area contributed by atoms with Crippen LogP contribution in [0.4, 0.5) is 0 Å². The minimum absolute atomic E-state index is 0.0713. The molecule has 0 bridgehead atoms. The SMILES string of the molecule is CSc1ccc(-c2ccc(O)cc2O)cc1. The summed E-state index contributed by atoms with van der Waals surface area (Å²) in [7, 11) is 0. The predicted octanol–water partition coefficient (Wildman–Crippen LogP) is 3.49. The minimum Gasteiger partial charge on any atom is -0.508 e. The molecule has 82 valence electrons. The summed E-state index contributed by atoms with van der Waals surface area (Å²) in [4.78, 5) is 1.18. The lowest BCUT2D eigenvalue weighted by Gasteiger charge is -2.05. The number of phenolic OH excluding ortho intramolecular Hbond substituents is 2. The highest BCUT2D eigenvalue weighted by Gasteiger charge is 2.04. The molecule has 16 heavy (non-hydrogen) atoms. The van der Waals surface area contributed by atoms with Crippen molar-refractivity contribution in [1.82, 2.24) is 0 Å². The standard InChI is InChI=1S/C13H12O2S/c1-16-11-5-2-9(3-6-11)12-7-4-10(14)8-13(12)15/h2-8,14-15H,1H3. The number of phenols is 2. The highest BCUT2D eigenvalue weighted by molar-refractivity contribution is 7.98. The fourth-order valence-corrected chi connectivity index (χ4v) is 1.94. The van der Waals surface area contributed by atoms with Gasteiger partial charge in [0.15, 0.2) is 0 Å². The van der Waals surface area contributed by atoms with Gasteiger partial charge in [0.05, 0.1) is 0 Å². The Morgan fingerprint density at radius 2 is 1.62 bits per heavy atom. The average molecular weight is 232 g/mol. The van der Waals surface area contributed by atoms with Crippen LogP contribution in [0.5, 0.6) is 11.5 Å². The Morgan fingerprint density at radius 1 is 0.938 bits per heavy atom. The Balaban J connectivity index is 2.42. The van der Waals surface area contributed by atoms with Gasteiger partial charge in [-0.25, -0.2) is 0 Å². The van der Waals surface area contributed by atoms with Gasteiger partial charge in [-0.05, 0) is 36.1 Å². The fraction of sp³-hybridized carbons (Fsp3) is 0.0769. The number of hydrogen-bond acceptors (Lipinski definition) is 3. The minimum atomic E-state index is 0.0713. The molecule has 0 saturated carbocycles. The van der Waals surface area contributed by atoms with Crippen molar-refractivity contribution < 1.29 is 10.2 Å². The third-order valence-electron chi connectivity index (χ3n) is 2.38. The molecule has 0 spiro atoms. The van der Waals surface area contributed by atoms with Crippen LogP contribution in [0.2, 0.25) is 0 Å². The molecule has 2 rings (SSSR count). The van der Waals surface area contributed by atoms with E-state index in [4.69, 9.17) is 0 Å². The lowest BCUT2D eigenvalue weighted by atomic mass is 10.0. The zero-order valence-electron chi connectivity index (χ0n) is 8.84. The van der Waals surface area contributed by atoms with Crippen LogP contribution >= 0.6 is 11.8 Å². The summed E-state index contributed by atoms with van der Waals surface area (Å²) >= 11 is 1.68. The van der Waals surface area contributed by atoms with Crippen molar-refractivity contribution in [2.75, 3.05) is 6.26 Å². The Labute approximate surface area is 98.6 Å². The molecule has 0 unspecified atom stereocenters. The Bertz CT molecular complexity index is 492. The van der Waals surface area contributed by atoms with Gasteiger partial charge in [-0.3, -0.25) is 0 Å². The molecule has 0 heterocycles. The largest absolute Gasteiger partial charge is 0.508 e. The van der Waals surface area contributed by atoms with Crippen molar-refractivity contribution in [3.63, 3.8) is 0 Å². The number of aromatic hydroxyl groups is 2. The first-order chi connectivity index (χ1) is 7.70. The van der Waals surface area contributed by atoms with Crippen LogP contribution in [0, 0.1) is 0 Å². The molecule has 0 aliphatic carbocycles. The van der Waals surface area contributed by atoms with Gasteiger partial charge >= 0.3 is 0 Å². The van der Waals surface area contributed by atoms with Crippen molar-refractivity contribution in [3.8, 4) is 22.6 Å². The number of hydrogen-bond donors (Lipinski definition) is 2. The molecule has 0 aliphatic heterocycles. The van der Waals surface area contributed by atoms with Crippen LogP contribution in [0.15, 0.2) is 47.4 Å². The molecule has 2 aromatic carbocycles. The first kappa shape index (κ1) is 10.9. The van der Waals surface area contributed by atoms with Crippen molar-refractivity contribution in [1.29, 1.82) is 0 Å². The molecule has 3 heteroatoms. The molecule has 0 atom stereocenters. The zero-order valence-corrected chi connectivity index (χ0v) is 9.66. The van der Waals surface area contributed by atoms with E-state index in [1.807, 2.05) is 30.5 Å². The fourth-order valence-electron chi connectivity index (χ4n) is 1.53. The summed E-state index contributed by atoms with van der Waals surface area (Å²) in [6, 6.07) is 12.5. The van der Waals surface area contributed by atoms with E-state index in [-0.39, 0.29) is 11.5 Å². The average Bonchev–Trinajstić information content (AvgIpc) is 2.29. The van der Waals surface area contributed by atoms with Gasteiger partial charge in [0.2, 0.25) is 0 Å². The van der Waals surface area contributed by atoms with E-state index in [1.54, 1.807) is 23.9 Å². The van der Waals surface area contributed by atoms with E-state index in [0.717, 1.165) is 11.1 Å². The molecule has 0 amide bonds. The summed E-state index contributed by atoms with van der Waals surface area (Å²) < 4.78 is 0. The Morgan fingerprint density at radius 3 is 2.19 bits per heavy atom. The van der Waals surface area contributed by atoms with Crippen LogP contribution in [0.25, 0.3) is 11.1 Å². The smallest absolute Gasteiger partial charge is 0.127 e. The Kier molecular flexibility index (Phi) is 3.06. The molecule has 2 aromatic rings. The third-order valence-corrected chi connectivity index (χ3v) is 3.13. The zero-order chi connectivity index (χ0) is 11.5. The van der Waals surface area contributed by atoms with E-state index < -0.39 is 0 Å². The molecule has 2 N–H and O–H groups in total. The van der Waals surface area contributed by atoms with Gasteiger partial charge in [-0.2, -0.15) is 0 Å². The number of benzene rings is 2. The Hall–Kier alpha value is -1.61. The van der Waals surface area contributed by atoms with Gasteiger partial charge in [0.1, 0.15) is 11.5 Å². The molecular formula is C13H12O2S. The van der Waals surface area contributed by atoms with Gasteiger partial charge < -0.3 is 10.2 Å².